The van der Waals surface area contributed by atoms with Crippen LogP contribution < -0.4 is 5.32 Å². The van der Waals surface area contributed by atoms with E-state index in [1.807, 2.05) is 12.5 Å². The third-order valence-electron chi connectivity index (χ3n) is 4.50. The molecule has 3 nitrogen and oxygen atoms in total. The van der Waals surface area contributed by atoms with Gasteiger partial charge in [-0.05, 0) is 24.7 Å². The summed E-state index contributed by atoms with van der Waals surface area (Å²) in [6, 6.07) is 1.18. The second kappa shape index (κ2) is 5.87. The Labute approximate surface area is 111 Å². The number of imidazole rings is 1. The highest BCUT2D eigenvalue weighted by atomic mass is 15.1. The third-order valence-corrected chi connectivity index (χ3v) is 4.50. The third kappa shape index (κ3) is 2.77. The first-order valence-corrected chi connectivity index (χ1v) is 7.37. The minimum absolute atomic E-state index is 0.526. The van der Waals surface area contributed by atoms with E-state index in [1.54, 1.807) is 0 Å². The molecule has 0 radical (unpaired) electrons. The lowest BCUT2D eigenvalue weighted by atomic mass is 9.93. The molecule has 0 aromatic carbocycles. The van der Waals surface area contributed by atoms with Crippen LogP contribution in [0.5, 0.6) is 0 Å². The van der Waals surface area contributed by atoms with Crippen molar-refractivity contribution < 1.29 is 0 Å². The smallest absolute Gasteiger partial charge is 0.0951 e. The Morgan fingerprint density at radius 3 is 2.83 bits per heavy atom. The van der Waals surface area contributed by atoms with E-state index < -0.39 is 0 Å². The predicted octanol–water partition coefficient (Wildman–Crippen LogP) is 3.38. The lowest BCUT2D eigenvalue weighted by Crippen LogP contribution is -2.25. The van der Waals surface area contributed by atoms with E-state index in [9.17, 15) is 0 Å². The van der Waals surface area contributed by atoms with E-state index in [2.05, 4.69) is 42.6 Å². The zero-order valence-corrected chi connectivity index (χ0v) is 12.2. The quantitative estimate of drug-likeness (QED) is 0.867. The molecule has 1 N–H and O–H groups in total. The van der Waals surface area contributed by atoms with Gasteiger partial charge in [0.2, 0.25) is 0 Å². The highest BCUT2D eigenvalue weighted by molar-refractivity contribution is 5.03. The summed E-state index contributed by atoms with van der Waals surface area (Å²) in [6.07, 6.45) is 8.03. The molecular weight excluding hydrogens is 222 g/mol. The summed E-state index contributed by atoms with van der Waals surface area (Å²) >= 11 is 0. The largest absolute Gasteiger partial charge is 0.330 e. The number of hydrogen-bond donors (Lipinski definition) is 1. The number of aromatic nitrogens is 2. The molecule has 0 bridgehead atoms. The predicted molar refractivity (Wildman–Crippen MR) is 75.4 cm³/mol. The molecule has 1 aliphatic carbocycles. The number of rotatable bonds is 5. The molecule has 3 unspecified atom stereocenters. The fourth-order valence-corrected chi connectivity index (χ4v) is 3.27. The Hall–Kier alpha value is -0.830. The first-order chi connectivity index (χ1) is 8.63. The maximum atomic E-state index is 4.35. The van der Waals surface area contributed by atoms with Crippen molar-refractivity contribution >= 4 is 0 Å². The number of nitrogens with one attached hydrogen (secondary N) is 1. The average molecular weight is 249 g/mol. The molecular formula is C15H27N3. The Bertz CT molecular complexity index is 370. The zero-order valence-electron chi connectivity index (χ0n) is 12.2. The second-order valence-corrected chi connectivity index (χ2v) is 6.00. The summed E-state index contributed by atoms with van der Waals surface area (Å²) < 4.78 is 2.41. The summed E-state index contributed by atoms with van der Waals surface area (Å²) in [5.41, 5.74) is 1.33. The van der Waals surface area contributed by atoms with Gasteiger partial charge in [0.15, 0.2) is 0 Å². The van der Waals surface area contributed by atoms with E-state index in [0.29, 0.717) is 12.1 Å². The van der Waals surface area contributed by atoms with Gasteiger partial charge in [0.25, 0.3) is 0 Å². The Morgan fingerprint density at radius 2 is 2.22 bits per heavy atom. The van der Waals surface area contributed by atoms with Gasteiger partial charge in [-0.25, -0.2) is 4.98 Å². The van der Waals surface area contributed by atoms with Gasteiger partial charge in [-0.1, -0.05) is 34.1 Å². The highest BCUT2D eigenvalue weighted by Crippen LogP contribution is 2.42. The molecule has 3 heteroatoms. The van der Waals surface area contributed by atoms with E-state index in [4.69, 9.17) is 0 Å². The van der Waals surface area contributed by atoms with Crippen molar-refractivity contribution in [3.63, 3.8) is 0 Å². The number of nitrogens with zero attached hydrogens (tertiary/aromatic N) is 2. The Balaban J connectivity index is 2.07. The van der Waals surface area contributed by atoms with Crippen molar-refractivity contribution in [2.24, 2.45) is 11.8 Å². The van der Waals surface area contributed by atoms with Gasteiger partial charge in [0, 0.05) is 24.8 Å². The molecule has 0 amide bonds. The lowest BCUT2D eigenvalue weighted by Gasteiger charge is -2.23. The van der Waals surface area contributed by atoms with Gasteiger partial charge in [-0.15, -0.1) is 0 Å². The molecule has 0 saturated heterocycles. The van der Waals surface area contributed by atoms with Gasteiger partial charge >= 0.3 is 0 Å². The van der Waals surface area contributed by atoms with Crippen LogP contribution >= 0.6 is 0 Å². The Kier molecular flexibility index (Phi) is 4.44. The monoisotopic (exact) mass is 249 g/mol. The topological polar surface area (TPSA) is 29.9 Å². The second-order valence-electron chi connectivity index (χ2n) is 6.00. The summed E-state index contributed by atoms with van der Waals surface area (Å²) in [7, 11) is 0. The molecule has 18 heavy (non-hydrogen) atoms. The SMILES string of the molecule is CCC1CCC(n2cncc2CNC(C)C)C1C. The fraction of sp³-hybridized carbons (Fsp3) is 0.800. The highest BCUT2D eigenvalue weighted by Gasteiger charge is 2.33. The Morgan fingerprint density at radius 1 is 1.44 bits per heavy atom. The van der Waals surface area contributed by atoms with Crippen molar-refractivity contribution in [1.29, 1.82) is 0 Å². The molecule has 1 fully saturated rings. The molecule has 3 atom stereocenters. The molecule has 1 aromatic rings. The molecule has 2 rings (SSSR count). The van der Waals surface area contributed by atoms with Crippen molar-refractivity contribution in [3.8, 4) is 0 Å². The normalized spacial score (nSPS) is 28.2. The molecule has 0 aliphatic heterocycles. The summed E-state index contributed by atoms with van der Waals surface area (Å²) in [6.45, 7) is 10.0. The van der Waals surface area contributed by atoms with Gasteiger partial charge in [-0.2, -0.15) is 0 Å². The first-order valence-electron chi connectivity index (χ1n) is 7.37. The van der Waals surface area contributed by atoms with Gasteiger partial charge in [0.1, 0.15) is 0 Å². The van der Waals surface area contributed by atoms with Crippen LogP contribution in [0.25, 0.3) is 0 Å². The minimum Gasteiger partial charge on any atom is -0.330 e. The van der Waals surface area contributed by atoms with E-state index in [-0.39, 0.29) is 0 Å². The zero-order chi connectivity index (χ0) is 13.1. The molecule has 0 spiro atoms. The van der Waals surface area contributed by atoms with Crippen molar-refractivity contribution in [1.82, 2.24) is 14.9 Å². The van der Waals surface area contributed by atoms with Crippen molar-refractivity contribution in [2.45, 2.75) is 65.6 Å². The average Bonchev–Trinajstić information content (AvgIpc) is 2.92. The van der Waals surface area contributed by atoms with E-state index in [1.165, 1.54) is 25.0 Å². The van der Waals surface area contributed by atoms with E-state index >= 15 is 0 Å². The molecule has 1 heterocycles. The van der Waals surface area contributed by atoms with Crippen LogP contribution in [0.2, 0.25) is 0 Å². The standard InChI is InChI=1S/C15H27N3/c1-5-13-6-7-15(12(13)4)18-10-16-8-14(18)9-17-11(2)3/h8,10-13,15,17H,5-7,9H2,1-4H3. The van der Waals surface area contributed by atoms with Crippen LogP contribution in [0, 0.1) is 11.8 Å². The molecule has 1 saturated carbocycles. The van der Waals surface area contributed by atoms with Crippen LogP contribution in [0.3, 0.4) is 0 Å². The van der Waals surface area contributed by atoms with Crippen LogP contribution in [-0.4, -0.2) is 15.6 Å². The van der Waals surface area contributed by atoms with Crippen LogP contribution in [-0.2, 0) is 6.54 Å². The maximum Gasteiger partial charge on any atom is 0.0951 e. The van der Waals surface area contributed by atoms with Crippen molar-refractivity contribution in [2.75, 3.05) is 0 Å². The first kappa shape index (κ1) is 13.6. The van der Waals surface area contributed by atoms with Gasteiger partial charge < -0.3 is 9.88 Å². The molecule has 102 valence electrons. The summed E-state index contributed by atoms with van der Waals surface area (Å²) in [4.78, 5) is 4.35. The van der Waals surface area contributed by atoms with Crippen LogP contribution in [0.1, 0.15) is 58.7 Å². The van der Waals surface area contributed by atoms with Gasteiger partial charge in [0.05, 0.1) is 12.0 Å². The lowest BCUT2D eigenvalue weighted by molar-refractivity contribution is 0.323. The van der Waals surface area contributed by atoms with Gasteiger partial charge in [-0.3, -0.25) is 0 Å². The minimum atomic E-state index is 0.526. The fourth-order valence-electron chi connectivity index (χ4n) is 3.27. The number of hydrogen-bond acceptors (Lipinski definition) is 2. The molecule has 1 aromatic heterocycles. The van der Waals surface area contributed by atoms with E-state index in [0.717, 1.165) is 18.4 Å². The van der Waals surface area contributed by atoms with Crippen LogP contribution in [0.4, 0.5) is 0 Å². The molecule has 1 aliphatic rings. The summed E-state index contributed by atoms with van der Waals surface area (Å²) in [5.74, 6) is 1.67. The maximum absolute atomic E-state index is 4.35. The summed E-state index contributed by atoms with van der Waals surface area (Å²) in [5, 5.41) is 3.49. The van der Waals surface area contributed by atoms with Crippen LogP contribution in [0.15, 0.2) is 12.5 Å². The van der Waals surface area contributed by atoms with Crippen molar-refractivity contribution in [3.05, 3.63) is 18.2 Å².